The minimum absolute atomic E-state index is 0.0213. The van der Waals surface area contributed by atoms with Crippen molar-refractivity contribution in [2.75, 3.05) is 6.54 Å². The Hall–Kier alpha value is -5.06. The van der Waals surface area contributed by atoms with Crippen molar-refractivity contribution in [2.24, 2.45) is 4.99 Å². The van der Waals surface area contributed by atoms with Crippen molar-refractivity contribution in [1.82, 2.24) is 14.9 Å². The van der Waals surface area contributed by atoms with E-state index >= 15 is 0 Å². The van der Waals surface area contributed by atoms with E-state index in [0.717, 1.165) is 11.1 Å². The summed E-state index contributed by atoms with van der Waals surface area (Å²) < 4.78 is 8.75. The summed E-state index contributed by atoms with van der Waals surface area (Å²) in [4.78, 5) is 45.2. The van der Waals surface area contributed by atoms with Crippen LogP contribution >= 0.6 is 0 Å². The molecule has 0 fully saturated rings. The Kier molecular flexibility index (Phi) is 7.03. The lowest BCUT2D eigenvalue weighted by atomic mass is 10.0. The topological polar surface area (TPSA) is 139 Å². The van der Waals surface area contributed by atoms with Gasteiger partial charge < -0.3 is 9.40 Å². The number of benzene rings is 2. The van der Waals surface area contributed by atoms with E-state index in [9.17, 15) is 19.7 Å². The van der Waals surface area contributed by atoms with Gasteiger partial charge in [0.2, 0.25) is 5.84 Å². The largest absolute Gasteiger partial charge is 0.438 e. The smallest absolute Gasteiger partial charge is 0.407 e. The minimum atomic E-state index is -0.803. The Morgan fingerprint density at radius 2 is 1.98 bits per heavy atom. The second kappa shape index (κ2) is 10.6. The summed E-state index contributed by atoms with van der Waals surface area (Å²) in [7, 11) is 0. The van der Waals surface area contributed by atoms with Gasteiger partial charge in [0.05, 0.1) is 11.5 Å². The molecule has 2 N–H and O–H groups in total. The first-order valence-corrected chi connectivity index (χ1v) is 12.9. The fraction of sp³-hybridized carbons (Fsp3) is 0.241. The lowest BCUT2D eigenvalue weighted by molar-refractivity contribution is -0.492. The second-order valence-corrected chi connectivity index (χ2v) is 9.76. The first-order valence-electron chi connectivity index (χ1n) is 12.9. The first-order chi connectivity index (χ1) is 19.2. The average molecular weight is 542 g/mol. The maximum Gasteiger partial charge on any atom is 0.438 e. The van der Waals surface area contributed by atoms with Crippen LogP contribution in [0.15, 0.2) is 74.9 Å². The normalized spacial score (nSPS) is 15.2. The number of non-ortho nitro benzene ring substituents is 1. The molecule has 0 saturated heterocycles. The van der Waals surface area contributed by atoms with Gasteiger partial charge in [0, 0.05) is 47.6 Å². The zero-order chi connectivity index (χ0) is 28.6. The molecule has 2 aromatic carbocycles. The molecule has 2 amide bonds. The third kappa shape index (κ3) is 4.89. The van der Waals surface area contributed by atoms with Gasteiger partial charge in [-0.05, 0) is 30.5 Å². The Bertz CT molecular complexity index is 1830. The number of hydrogen-bond donors (Lipinski definition) is 2. The van der Waals surface area contributed by atoms with Gasteiger partial charge in [-0.15, -0.1) is 0 Å². The number of urea groups is 1. The molecule has 1 atom stereocenters. The minimum Gasteiger partial charge on any atom is -0.407 e. The van der Waals surface area contributed by atoms with E-state index in [0.29, 0.717) is 35.2 Å². The lowest BCUT2D eigenvalue weighted by Gasteiger charge is -2.22. The highest BCUT2D eigenvalue weighted by atomic mass is 16.6. The summed E-state index contributed by atoms with van der Waals surface area (Å²) >= 11 is 0. The van der Waals surface area contributed by atoms with Gasteiger partial charge in [-0.2, -0.15) is 4.58 Å². The zero-order valence-electron chi connectivity index (χ0n) is 22.5. The summed E-state index contributed by atoms with van der Waals surface area (Å²) in [5.41, 5.74) is 3.33. The van der Waals surface area contributed by atoms with Gasteiger partial charge in [0.15, 0.2) is 11.6 Å². The van der Waals surface area contributed by atoms with Gasteiger partial charge in [-0.25, -0.2) is 9.36 Å². The molecule has 0 saturated carbocycles. The molecule has 0 spiro atoms. The molecular weight excluding hydrogens is 512 g/mol. The summed E-state index contributed by atoms with van der Waals surface area (Å²) in [6.07, 6.45) is 0.747. The van der Waals surface area contributed by atoms with E-state index in [4.69, 9.17) is 4.42 Å². The van der Waals surface area contributed by atoms with Crippen LogP contribution in [-0.2, 0) is 0 Å². The fourth-order valence-corrected chi connectivity index (χ4v) is 4.70. The van der Waals surface area contributed by atoms with E-state index in [-0.39, 0.29) is 22.8 Å². The standard InChI is InChI=1S/C29H28N6O5/c1-5-30-28(37)33-18(4)31-29-34(26(33)20-11-9-19(10-12-20)17(2)3)27(36)25(40-29)16-22-13-14-24(32-22)21-7-6-8-23(15-21)35(38)39/h6-17,26H,5H2,1-4H3,(H-,30,32,36,37)/p+1. The van der Waals surface area contributed by atoms with Gasteiger partial charge in [0.25, 0.3) is 5.69 Å². The van der Waals surface area contributed by atoms with Crippen LogP contribution in [0.5, 0.6) is 0 Å². The van der Waals surface area contributed by atoms with Crippen molar-refractivity contribution in [1.29, 1.82) is 0 Å². The number of nitrogens with one attached hydrogen (secondary N) is 2. The third-order valence-corrected chi connectivity index (χ3v) is 6.74. The molecule has 0 bridgehead atoms. The van der Waals surface area contributed by atoms with Crippen LogP contribution < -0.4 is 22.0 Å². The summed E-state index contributed by atoms with van der Waals surface area (Å²) in [6, 6.07) is 17.2. The molecule has 1 aliphatic rings. The van der Waals surface area contributed by atoms with Crippen molar-refractivity contribution in [3.8, 4) is 11.3 Å². The van der Waals surface area contributed by atoms with Crippen LogP contribution in [0.25, 0.3) is 17.3 Å². The number of nitrogens with zero attached hydrogens (tertiary/aromatic N) is 4. The number of aromatic nitrogens is 2. The molecule has 0 radical (unpaired) electrons. The van der Waals surface area contributed by atoms with E-state index < -0.39 is 16.6 Å². The SMILES string of the molecule is CCNC(=O)[N+]1=C(C)N=c2oc(=Cc3ccc(-c4cccc([N+](=O)[O-])c4)[nH]3)c(=O)n2C1c1ccc(C(C)C)cc1. The summed E-state index contributed by atoms with van der Waals surface area (Å²) in [5.74, 6) is 0.710. The maximum atomic E-state index is 13.7. The predicted molar refractivity (Wildman–Crippen MR) is 149 cm³/mol. The van der Waals surface area contributed by atoms with Crippen LogP contribution in [0.1, 0.15) is 56.6 Å². The van der Waals surface area contributed by atoms with Crippen LogP contribution in [0, 0.1) is 10.1 Å². The number of hydrogen-bond acceptors (Lipinski definition) is 6. The molecule has 3 heterocycles. The number of fused-ring (bicyclic) bond motifs is 1. The quantitative estimate of drug-likeness (QED) is 0.218. The highest BCUT2D eigenvalue weighted by Crippen LogP contribution is 2.24. The summed E-state index contributed by atoms with van der Waals surface area (Å²) in [5, 5.41) is 14.0. The number of nitro groups is 1. The van der Waals surface area contributed by atoms with Gasteiger partial charge in [0.1, 0.15) is 0 Å². The van der Waals surface area contributed by atoms with Gasteiger partial charge in [-0.3, -0.25) is 20.2 Å². The molecule has 11 heteroatoms. The van der Waals surface area contributed by atoms with Crippen molar-refractivity contribution in [2.45, 2.75) is 39.8 Å². The fourth-order valence-electron chi connectivity index (χ4n) is 4.70. The van der Waals surface area contributed by atoms with Gasteiger partial charge in [-0.1, -0.05) is 55.2 Å². The van der Waals surface area contributed by atoms with Crippen LogP contribution in [0.3, 0.4) is 0 Å². The van der Waals surface area contributed by atoms with Crippen molar-refractivity contribution in [3.63, 3.8) is 0 Å². The Balaban J connectivity index is 1.61. The molecule has 4 aromatic rings. The van der Waals surface area contributed by atoms with E-state index in [1.54, 1.807) is 37.3 Å². The number of nitro benzene ring substituents is 1. The molecule has 204 valence electrons. The second-order valence-electron chi connectivity index (χ2n) is 9.76. The number of rotatable bonds is 6. The number of carbonyl (C=O) groups excluding carboxylic acids is 1. The maximum absolute atomic E-state index is 13.7. The van der Waals surface area contributed by atoms with E-state index in [1.165, 1.54) is 21.3 Å². The Morgan fingerprint density at radius 3 is 2.65 bits per heavy atom. The van der Waals surface area contributed by atoms with Crippen molar-refractivity contribution < 1.29 is 18.7 Å². The van der Waals surface area contributed by atoms with Crippen LogP contribution in [-0.4, -0.2) is 37.5 Å². The van der Waals surface area contributed by atoms with Crippen molar-refractivity contribution >= 4 is 23.6 Å². The monoisotopic (exact) mass is 541 g/mol. The molecule has 5 rings (SSSR count). The van der Waals surface area contributed by atoms with Crippen LogP contribution in [0.4, 0.5) is 10.5 Å². The highest BCUT2D eigenvalue weighted by molar-refractivity contribution is 5.82. The molecular formula is C29H29N6O5+. The highest BCUT2D eigenvalue weighted by Gasteiger charge is 2.36. The number of aromatic amines is 1. The third-order valence-electron chi connectivity index (χ3n) is 6.74. The number of carbonyl (C=O) groups is 1. The zero-order valence-corrected chi connectivity index (χ0v) is 22.5. The number of amides is 2. The van der Waals surface area contributed by atoms with E-state index in [2.05, 4.69) is 29.1 Å². The molecule has 1 aliphatic heterocycles. The molecule has 1 unspecified atom stereocenters. The average Bonchev–Trinajstić information content (AvgIpc) is 3.52. The number of amidine groups is 1. The number of oxazole rings is 1. The molecule has 2 aromatic heterocycles. The summed E-state index contributed by atoms with van der Waals surface area (Å²) in [6.45, 7) is 8.12. The molecule has 11 nitrogen and oxygen atoms in total. The van der Waals surface area contributed by atoms with Crippen LogP contribution in [0.2, 0.25) is 0 Å². The molecule has 0 aliphatic carbocycles. The predicted octanol–water partition coefficient (Wildman–Crippen LogP) is 3.64. The number of H-pyrrole nitrogens is 1. The van der Waals surface area contributed by atoms with Crippen molar-refractivity contribution in [3.05, 3.63) is 109 Å². The van der Waals surface area contributed by atoms with E-state index in [1.807, 2.05) is 31.2 Å². The van der Waals surface area contributed by atoms with Gasteiger partial charge >= 0.3 is 17.3 Å². The molecule has 40 heavy (non-hydrogen) atoms. The Labute approximate surface area is 229 Å². The first kappa shape index (κ1) is 26.5. The Morgan fingerprint density at radius 1 is 1.23 bits per heavy atom. The lowest BCUT2D eigenvalue weighted by Crippen LogP contribution is -2.49.